The van der Waals surface area contributed by atoms with Gasteiger partial charge in [0.2, 0.25) is 0 Å². The van der Waals surface area contributed by atoms with Crippen molar-refractivity contribution in [3.8, 4) is 0 Å². The largest absolute Gasteiger partial charge is 0.467 e. The van der Waals surface area contributed by atoms with Crippen LogP contribution in [0.25, 0.3) is 0 Å². The first-order valence-electron chi connectivity index (χ1n) is 8.57. The summed E-state index contributed by atoms with van der Waals surface area (Å²) >= 11 is 1.31. The zero-order valence-corrected chi connectivity index (χ0v) is 16.0. The van der Waals surface area contributed by atoms with Gasteiger partial charge in [0.15, 0.2) is 6.61 Å². The van der Waals surface area contributed by atoms with Crippen LogP contribution in [0.1, 0.15) is 16.1 Å². The molecule has 3 aromatic rings. The lowest BCUT2D eigenvalue weighted by Gasteiger charge is -2.09. The molecule has 0 atom stereocenters. The molecule has 1 aromatic carbocycles. The van der Waals surface area contributed by atoms with Crippen molar-refractivity contribution in [1.29, 1.82) is 0 Å². The maximum atomic E-state index is 12.4. The molecule has 3 rings (SSSR count). The van der Waals surface area contributed by atoms with Gasteiger partial charge in [-0.1, -0.05) is 30.0 Å². The van der Waals surface area contributed by atoms with Crippen molar-refractivity contribution in [3.05, 3.63) is 78.4 Å². The predicted octanol–water partition coefficient (Wildman–Crippen LogP) is 3.01. The van der Waals surface area contributed by atoms with E-state index in [0.29, 0.717) is 10.8 Å². The second-order valence-corrected chi connectivity index (χ2v) is 6.72. The number of benzene rings is 1. The van der Waals surface area contributed by atoms with E-state index < -0.39 is 24.5 Å². The number of nitrogens with one attached hydrogen (secondary N) is 2. The Morgan fingerprint density at radius 1 is 1.03 bits per heavy atom. The molecule has 148 valence electrons. The highest BCUT2D eigenvalue weighted by Gasteiger charge is 2.17. The summed E-state index contributed by atoms with van der Waals surface area (Å²) < 4.78 is 10.1. The first kappa shape index (κ1) is 20.2. The fraction of sp³-hybridized carbons (Fsp3) is 0.100. The van der Waals surface area contributed by atoms with E-state index in [4.69, 9.17) is 9.15 Å². The molecular formula is C20H17N3O5S. The Balaban J connectivity index is 1.50. The smallest absolute Gasteiger partial charge is 0.341 e. The fourth-order valence-corrected chi connectivity index (χ4v) is 3.12. The standard InChI is InChI=1S/C20H17N3O5S/c24-17(23-20(26)22-12-14-6-5-11-27-14)13-28-19(25)16-9-4-10-21-18(16)29-15-7-2-1-3-8-15/h1-11H,12-13H2,(H2,22,23,24,26). The SMILES string of the molecule is O=C(COC(=O)c1cccnc1Sc1ccccc1)NC(=O)NCc1ccco1. The highest BCUT2D eigenvalue weighted by Crippen LogP contribution is 2.28. The van der Waals surface area contributed by atoms with Gasteiger partial charge >= 0.3 is 12.0 Å². The number of imide groups is 1. The number of aromatic nitrogens is 1. The molecular weight excluding hydrogens is 394 g/mol. The molecule has 0 spiro atoms. The number of urea groups is 1. The van der Waals surface area contributed by atoms with Crippen LogP contribution in [0.3, 0.4) is 0 Å². The molecule has 0 bridgehead atoms. The molecule has 0 radical (unpaired) electrons. The van der Waals surface area contributed by atoms with Crippen LogP contribution in [0.15, 0.2) is 81.4 Å². The van der Waals surface area contributed by atoms with Gasteiger partial charge in [0.05, 0.1) is 18.4 Å². The third kappa shape index (κ3) is 6.22. The van der Waals surface area contributed by atoms with E-state index in [9.17, 15) is 14.4 Å². The lowest BCUT2D eigenvalue weighted by molar-refractivity contribution is -0.123. The molecule has 9 heteroatoms. The molecule has 2 N–H and O–H groups in total. The number of ether oxygens (including phenoxy) is 1. The monoisotopic (exact) mass is 411 g/mol. The summed E-state index contributed by atoms with van der Waals surface area (Å²) in [6.07, 6.45) is 3.04. The van der Waals surface area contributed by atoms with E-state index in [2.05, 4.69) is 15.6 Å². The van der Waals surface area contributed by atoms with Crippen LogP contribution >= 0.6 is 11.8 Å². The quantitative estimate of drug-likeness (QED) is 0.575. The minimum atomic E-state index is -0.753. The number of pyridine rings is 1. The number of carbonyl (C=O) groups excluding carboxylic acids is 3. The minimum Gasteiger partial charge on any atom is -0.467 e. The van der Waals surface area contributed by atoms with Crippen molar-refractivity contribution < 1.29 is 23.5 Å². The summed E-state index contributed by atoms with van der Waals surface area (Å²) in [5, 5.41) is 4.99. The van der Waals surface area contributed by atoms with Crippen molar-refractivity contribution in [2.45, 2.75) is 16.5 Å². The van der Waals surface area contributed by atoms with Crippen molar-refractivity contribution in [2.75, 3.05) is 6.61 Å². The summed E-state index contributed by atoms with van der Waals surface area (Å²) in [6.45, 7) is -0.473. The summed E-state index contributed by atoms with van der Waals surface area (Å²) in [7, 11) is 0. The maximum absolute atomic E-state index is 12.4. The molecule has 0 fully saturated rings. The molecule has 3 amide bonds. The van der Waals surface area contributed by atoms with E-state index in [0.717, 1.165) is 4.90 Å². The van der Waals surface area contributed by atoms with Crippen LogP contribution in [0.2, 0.25) is 0 Å². The lowest BCUT2D eigenvalue weighted by atomic mass is 10.3. The van der Waals surface area contributed by atoms with Crippen LogP contribution in [0, 0.1) is 0 Å². The van der Waals surface area contributed by atoms with Gasteiger partial charge in [0.25, 0.3) is 5.91 Å². The van der Waals surface area contributed by atoms with Gasteiger partial charge in [-0.05, 0) is 36.4 Å². The van der Waals surface area contributed by atoms with Crippen molar-refractivity contribution >= 4 is 29.7 Å². The first-order valence-corrected chi connectivity index (χ1v) is 9.38. The summed E-state index contributed by atoms with van der Waals surface area (Å²) in [4.78, 5) is 41.0. The van der Waals surface area contributed by atoms with Gasteiger partial charge in [0, 0.05) is 11.1 Å². The Labute approximate surface area is 170 Å². The van der Waals surface area contributed by atoms with E-state index >= 15 is 0 Å². The normalized spacial score (nSPS) is 10.2. The Bertz CT molecular complexity index is 977. The average molecular weight is 411 g/mol. The number of hydrogen-bond donors (Lipinski definition) is 2. The molecule has 2 aromatic heterocycles. The first-order chi connectivity index (χ1) is 14.1. The van der Waals surface area contributed by atoms with Crippen LogP contribution in [-0.2, 0) is 16.1 Å². The summed E-state index contributed by atoms with van der Waals surface area (Å²) in [6, 6.07) is 15.2. The zero-order valence-electron chi connectivity index (χ0n) is 15.2. The molecule has 0 aliphatic rings. The minimum absolute atomic E-state index is 0.127. The van der Waals surface area contributed by atoms with Gasteiger partial charge in [-0.3, -0.25) is 10.1 Å². The van der Waals surface area contributed by atoms with Crippen LogP contribution in [0.5, 0.6) is 0 Å². The lowest BCUT2D eigenvalue weighted by Crippen LogP contribution is -2.41. The predicted molar refractivity (Wildman–Crippen MR) is 104 cm³/mol. The van der Waals surface area contributed by atoms with E-state index in [-0.39, 0.29) is 12.1 Å². The number of esters is 1. The molecule has 0 saturated heterocycles. The number of hydrogen-bond acceptors (Lipinski definition) is 7. The third-order valence-electron chi connectivity index (χ3n) is 3.54. The second kappa shape index (κ2) is 10.1. The number of amides is 3. The Kier molecular flexibility index (Phi) is 7.01. The fourth-order valence-electron chi connectivity index (χ4n) is 2.22. The highest BCUT2D eigenvalue weighted by atomic mass is 32.2. The van der Waals surface area contributed by atoms with Gasteiger partial charge in [-0.2, -0.15) is 0 Å². The Morgan fingerprint density at radius 3 is 2.62 bits per heavy atom. The number of furan rings is 1. The highest BCUT2D eigenvalue weighted by molar-refractivity contribution is 7.99. The van der Waals surface area contributed by atoms with Crippen LogP contribution in [-0.4, -0.2) is 29.5 Å². The van der Waals surface area contributed by atoms with Gasteiger partial charge in [-0.15, -0.1) is 0 Å². The number of rotatable bonds is 7. The van der Waals surface area contributed by atoms with Crippen LogP contribution < -0.4 is 10.6 Å². The zero-order chi connectivity index (χ0) is 20.5. The molecule has 0 saturated carbocycles. The Morgan fingerprint density at radius 2 is 1.86 bits per heavy atom. The summed E-state index contributed by atoms with van der Waals surface area (Å²) in [5.74, 6) is -0.918. The molecule has 0 unspecified atom stereocenters. The third-order valence-corrected chi connectivity index (χ3v) is 4.57. The average Bonchev–Trinajstić information content (AvgIpc) is 3.25. The second-order valence-electron chi connectivity index (χ2n) is 5.66. The molecule has 0 aliphatic carbocycles. The van der Waals surface area contributed by atoms with Crippen molar-refractivity contribution in [1.82, 2.24) is 15.6 Å². The maximum Gasteiger partial charge on any atom is 0.341 e. The van der Waals surface area contributed by atoms with E-state index in [1.807, 2.05) is 30.3 Å². The van der Waals surface area contributed by atoms with Crippen LogP contribution in [0.4, 0.5) is 4.79 Å². The topological polar surface area (TPSA) is 111 Å². The van der Waals surface area contributed by atoms with Gasteiger partial charge in [-0.25, -0.2) is 14.6 Å². The van der Waals surface area contributed by atoms with E-state index in [1.54, 1.807) is 30.5 Å². The van der Waals surface area contributed by atoms with Crippen molar-refractivity contribution in [2.24, 2.45) is 0 Å². The Hall–Kier alpha value is -3.59. The molecule has 8 nitrogen and oxygen atoms in total. The van der Waals surface area contributed by atoms with E-state index in [1.165, 1.54) is 18.0 Å². The number of carbonyl (C=O) groups is 3. The van der Waals surface area contributed by atoms with Gasteiger partial charge < -0.3 is 14.5 Å². The number of nitrogens with zero attached hydrogens (tertiary/aromatic N) is 1. The molecule has 29 heavy (non-hydrogen) atoms. The molecule has 0 aliphatic heterocycles. The molecule has 2 heterocycles. The van der Waals surface area contributed by atoms with Crippen molar-refractivity contribution in [3.63, 3.8) is 0 Å². The summed E-state index contributed by atoms with van der Waals surface area (Å²) in [5.41, 5.74) is 0.233. The van der Waals surface area contributed by atoms with Gasteiger partial charge in [0.1, 0.15) is 10.8 Å².